The van der Waals surface area contributed by atoms with E-state index in [2.05, 4.69) is 24.6 Å². The summed E-state index contributed by atoms with van der Waals surface area (Å²) in [6.07, 6.45) is 4.80. The van der Waals surface area contributed by atoms with E-state index in [-0.39, 0.29) is 0 Å². The van der Waals surface area contributed by atoms with E-state index >= 15 is 0 Å². The van der Waals surface area contributed by atoms with Crippen LogP contribution in [0.4, 0.5) is 0 Å². The summed E-state index contributed by atoms with van der Waals surface area (Å²) in [5.41, 5.74) is 2.36. The molecule has 0 aromatic heterocycles. The first-order valence-corrected chi connectivity index (χ1v) is 3.46. The Bertz CT molecular complexity index is 164. The Balaban J connectivity index is 4.22. The van der Waals surface area contributed by atoms with Gasteiger partial charge in [-0.15, -0.1) is 6.58 Å². The van der Waals surface area contributed by atoms with E-state index in [4.69, 9.17) is 0 Å². The van der Waals surface area contributed by atoms with Crippen molar-refractivity contribution in [3.05, 3.63) is 24.3 Å². The van der Waals surface area contributed by atoms with Gasteiger partial charge in [0.15, 0.2) is 0 Å². The Hall–Kier alpha value is -0.850. The quantitative estimate of drug-likeness (QED) is 0.419. The van der Waals surface area contributed by atoms with Crippen molar-refractivity contribution in [2.75, 3.05) is 7.05 Å². The molecular formula is C9H15N. The highest BCUT2D eigenvalue weighted by Gasteiger charge is 1.94. The highest BCUT2D eigenvalue weighted by Crippen LogP contribution is 2.00. The maximum Gasteiger partial charge on any atom is 0.0408 e. The Labute approximate surface area is 63.2 Å². The molecule has 0 amide bonds. The summed E-state index contributed by atoms with van der Waals surface area (Å²) in [4.78, 5) is 4.13. The van der Waals surface area contributed by atoms with Crippen molar-refractivity contribution in [2.45, 2.75) is 20.3 Å². The summed E-state index contributed by atoms with van der Waals surface area (Å²) in [6.45, 7) is 7.74. The molecule has 0 aliphatic heterocycles. The molecule has 0 rings (SSSR count). The first-order valence-electron chi connectivity index (χ1n) is 3.46. The van der Waals surface area contributed by atoms with Crippen molar-refractivity contribution >= 4 is 5.71 Å². The predicted octanol–water partition coefficient (Wildman–Crippen LogP) is 2.60. The van der Waals surface area contributed by atoms with Crippen LogP contribution in [0.1, 0.15) is 20.3 Å². The van der Waals surface area contributed by atoms with Crippen molar-refractivity contribution in [3.8, 4) is 0 Å². The highest BCUT2D eigenvalue weighted by molar-refractivity contribution is 6.00. The van der Waals surface area contributed by atoms with Gasteiger partial charge in [0.05, 0.1) is 0 Å². The third-order valence-electron chi connectivity index (χ3n) is 1.50. The van der Waals surface area contributed by atoms with Gasteiger partial charge in [-0.1, -0.05) is 12.2 Å². The summed E-state index contributed by atoms with van der Waals surface area (Å²) in [5, 5.41) is 0. The molecule has 0 N–H and O–H groups in total. The van der Waals surface area contributed by atoms with Crippen molar-refractivity contribution in [3.63, 3.8) is 0 Å². The molecule has 0 aromatic rings. The number of allylic oxidation sites excluding steroid dienone is 3. The van der Waals surface area contributed by atoms with E-state index in [1.54, 1.807) is 0 Å². The van der Waals surface area contributed by atoms with Gasteiger partial charge in [0.2, 0.25) is 0 Å². The Morgan fingerprint density at radius 3 is 2.50 bits per heavy atom. The van der Waals surface area contributed by atoms with Gasteiger partial charge in [0.25, 0.3) is 0 Å². The molecule has 10 heavy (non-hydrogen) atoms. The Kier molecular flexibility index (Phi) is 4.55. The summed E-state index contributed by atoms with van der Waals surface area (Å²) in [5.74, 6) is 0. The maximum atomic E-state index is 4.13. The molecule has 0 bridgehead atoms. The van der Waals surface area contributed by atoms with Crippen molar-refractivity contribution in [1.29, 1.82) is 0 Å². The molecule has 0 unspecified atom stereocenters. The van der Waals surface area contributed by atoms with Crippen LogP contribution in [-0.2, 0) is 0 Å². The zero-order chi connectivity index (χ0) is 7.98. The second kappa shape index (κ2) is 4.98. The number of hydrogen-bond donors (Lipinski definition) is 0. The molecule has 0 atom stereocenters. The average Bonchev–Trinajstić information content (AvgIpc) is 1.99. The summed E-state index contributed by atoms with van der Waals surface area (Å²) in [6, 6.07) is 0. The summed E-state index contributed by atoms with van der Waals surface area (Å²) in [7, 11) is 1.81. The van der Waals surface area contributed by atoms with E-state index in [9.17, 15) is 0 Å². The van der Waals surface area contributed by atoms with Crippen LogP contribution in [0.5, 0.6) is 0 Å². The molecule has 0 aromatic carbocycles. The SMILES string of the molecule is C=CCC(=NC)/C(C)=C\C. The second-order valence-electron chi connectivity index (χ2n) is 2.13. The monoisotopic (exact) mass is 137 g/mol. The summed E-state index contributed by atoms with van der Waals surface area (Å²) < 4.78 is 0. The lowest BCUT2D eigenvalue weighted by Gasteiger charge is -2.00. The molecule has 1 heteroatoms. The van der Waals surface area contributed by atoms with Crippen LogP contribution >= 0.6 is 0 Å². The molecule has 56 valence electrons. The van der Waals surface area contributed by atoms with Gasteiger partial charge >= 0.3 is 0 Å². The van der Waals surface area contributed by atoms with Crippen LogP contribution in [0.25, 0.3) is 0 Å². The molecule has 0 saturated carbocycles. The molecule has 0 heterocycles. The first kappa shape index (κ1) is 9.15. The van der Waals surface area contributed by atoms with Crippen LogP contribution in [-0.4, -0.2) is 12.8 Å². The first-order chi connectivity index (χ1) is 4.76. The number of aliphatic imine (C=N–C) groups is 1. The fourth-order valence-corrected chi connectivity index (χ4v) is 0.732. The highest BCUT2D eigenvalue weighted by atomic mass is 14.7. The van der Waals surface area contributed by atoms with Gasteiger partial charge in [0, 0.05) is 19.2 Å². The topological polar surface area (TPSA) is 12.4 Å². The fraction of sp³-hybridized carbons (Fsp3) is 0.444. The molecule has 0 radical (unpaired) electrons. The van der Waals surface area contributed by atoms with E-state index in [1.165, 1.54) is 5.57 Å². The zero-order valence-corrected chi connectivity index (χ0v) is 7.02. The van der Waals surface area contributed by atoms with Crippen LogP contribution in [0.3, 0.4) is 0 Å². The minimum atomic E-state index is 0.868. The fourth-order valence-electron chi connectivity index (χ4n) is 0.732. The van der Waals surface area contributed by atoms with E-state index < -0.39 is 0 Å². The van der Waals surface area contributed by atoms with Crippen LogP contribution < -0.4 is 0 Å². The third-order valence-corrected chi connectivity index (χ3v) is 1.50. The van der Waals surface area contributed by atoms with Gasteiger partial charge in [-0.05, 0) is 19.4 Å². The van der Waals surface area contributed by atoms with Gasteiger partial charge < -0.3 is 0 Å². The molecule has 0 fully saturated rings. The predicted molar refractivity (Wildman–Crippen MR) is 47.6 cm³/mol. The lowest BCUT2D eigenvalue weighted by atomic mass is 10.1. The minimum Gasteiger partial charge on any atom is -0.293 e. The molecule has 1 nitrogen and oxygen atoms in total. The molecule has 0 saturated heterocycles. The standard InChI is InChI=1S/C9H15N/c1-5-7-9(10-4)8(3)6-2/h5-6H,1,7H2,2-4H3/b8-6-,10-9?. The van der Waals surface area contributed by atoms with Crippen LogP contribution in [0.15, 0.2) is 29.3 Å². The smallest absolute Gasteiger partial charge is 0.0408 e. The van der Waals surface area contributed by atoms with Crippen LogP contribution in [0, 0.1) is 0 Å². The van der Waals surface area contributed by atoms with E-state index in [0.717, 1.165) is 12.1 Å². The van der Waals surface area contributed by atoms with E-state index in [0.29, 0.717) is 0 Å². The lowest BCUT2D eigenvalue weighted by Crippen LogP contribution is -1.97. The van der Waals surface area contributed by atoms with Crippen LogP contribution in [0.2, 0.25) is 0 Å². The van der Waals surface area contributed by atoms with Crippen molar-refractivity contribution in [2.24, 2.45) is 4.99 Å². The zero-order valence-electron chi connectivity index (χ0n) is 7.02. The van der Waals surface area contributed by atoms with Gasteiger partial charge in [0.1, 0.15) is 0 Å². The Morgan fingerprint density at radius 1 is 1.60 bits per heavy atom. The number of nitrogens with zero attached hydrogens (tertiary/aromatic N) is 1. The number of rotatable bonds is 3. The van der Waals surface area contributed by atoms with Gasteiger partial charge in [-0.3, -0.25) is 4.99 Å². The minimum absolute atomic E-state index is 0.868. The molecule has 0 spiro atoms. The normalized spacial score (nSPS) is 13.5. The summed E-state index contributed by atoms with van der Waals surface area (Å²) >= 11 is 0. The molecular weight excluding hydrogens is 122 g/mol. The van der Waals surface area contributed by atoms with Crippen molar-refractivity contribution < 1.29 is 0 Å². The number of hydrogen-bond acceptors (Lipinski definition) is 1. The Morgan fingerprint density at radius 2 is 2.20 bits per heavy atom. The average molecular weight is 137 g/mol. The molecule has 0 aliphatic rings. The van der Waals surface area contributed by atoms with Crippen molar-refractivity contribution in [1.82, 2.24) is 0 Å². The largest absolute Gasteiger partial charge is 0.293 e. The van der Waals surface area contributed by atoms with Gasteiger partial charge in [-0.25, -0.2) is 0 Å². The van der Waals surface area contributed by atoms with Gasteiger partial charge in [-0.2, -0.15) is 0 Å². The lowest BCUT2D eigenvalue weighted by molar-refractivity contribution is 1.32. The second-order valence-corrected chi connectivity index (χ2v) is 2.13. The maximum absolute atomic E-state index is 4.13. The molecule has 0 aliphatic carbocycles. The third kappa shape index (κ3) is 2.62. The van der Waals surface area contributed by atoms with E-state index in [1.807, 2.05) is 20.0 Å².